The number of hydrogen-bond donors (Lipinski definition) is 2. The summed E-state index contributed by atoms with van der Waals surface area (Å²) in [4.78, 5) is 6.09. The summed E-state index contributed by atoms with van der Waals surface area (Å²) in [5, 5.41) is 19.8. The number of rotatable bonds is 2. The number of benzene rings is 2. The summed E-state index contributed by atoms with van der Waals surface area (Å²) in [6, 6.07) is 17.9. The van der Waals surface area contributed by atoms with Gasteiger partial charge in [-0.25, -0.2) is 0 Å². The van der Waals surface area contributed by atoms with E-state index in [-0.39, 0.29) is 23.6 Å². The fourth-order valence-electron chi connectivity index (χ4n) is 2.68. The van der Waals surface area contributed by atoms with E-state index >= 15 is 0 Å². The van der Waals surface area contributed by atoms with Gasteiger partial charge in [-0.05, 0) is 23.1 Å². The van der Waals surface area contributed by atoms with E-state index in [1.165, 1.54) is 5.56 Å². The average molecular weight is 322 g/mol. The molecule has 1 aliphatic rings. The highest BCUT2D eigenvalue weighted by Crippen LogP contribution is 2.28. The number of hydrogen-bond acceptors (Lipinski definition) is 4. The van der Waals surface area contributed by atoms with Gasteiger partial charge >= 0.3 is 0 Å². The van der Waals surface area contributed by atoms with Gasteiger partial charge in [-0.3, -0.25) is 0 Å². The Bertz CT molecular complexity index is 785. The van der Waals surface area contributed by atoms with Crippen LogP contribution in [-0.2, 0) is 5.41 Å². The summed E-state index contributed by atoms with van der Waals surface area (Å²) in [6.07, 6.45) is 0. The number of aliphatic hydroxyl groups excluding tert-OH is 2. The largest absolute Gasteiger partial charge is 0.505 e. The molecule has 2 aromatic rings. The SMILES string of the molecule is CC(C)(C)c1ccc(N2CC(O)=C(O)N=C2c2ccccc2)cc1. The van der Waals surface area contributed by atoms with E-state index in [0.717, 1.165) is 11.3 Å². The molecule has 0 saturated heterocycles. The molecule has 0 atom stereocenters. The second-order valence-corrected chi connectivity index (χ2v) is 6.95. The van der Waals surface area contributed by atoms with Gasteiger partial charge in [0.05, 0.1) is 6.54 Å². The van der Waals surface area contributed by atoms with Crippen LogP contribution >= 0.6 is 0 Å². The fraction of sp³-hybridized carbons (Fsp3) is 0.250. The quantitative estimate of drug-likeness (QED) is 0.853. The highest BCUT2D eigenvalue weighted by Gasteiger charge is 2.24. The molecule has 2 N–H and O–H groups in total. The van der Waals surface area contributed by atoms with Crippen LogP contribution in [0.4, 0.5) is 5.69 Å². The first kappa shape index (κ1) is 16.1. The van der Waals surface area contributed by atoms with Crippen molar-refractivity contribution in [3.63, 3.8) is 0 Å². The molecular weight excluding hydrogens is 300 g/mol. The van der Waals surface area contributed by atoms with Crippen LogP contribution in [0, 0.1) is 0 Å². The Hall–Kier alpha value is -2.75. The lowest BCUT2D eigenvalue weighted by Gasteiger charge is -2.29. The Balaban J connectivity index is 2.01. The van der Waals surface area contributed by atoms with E-state index in [1.807, 2.05) is 47.4 Å². The average Bonchev–Trinajstić information content (AvgIpc) is 2.57. The maximum atomic E-state index is 9.94. The van der Waals surface area contributed by atoms with Crippen molar-refractivity contribution in [1.82, 2.24) is 0 Å². The first-order chi connectivity index (χ1) is 11.4. The van der Waals surface area contributed by atoms with Crippen molar-refractivity contribution >= 4 is 11.5 Å². The zero-order valence-electron chi connectivity index (χ0n) is 14.2. The maximum Gasteiger partial charge on any atom is 0.253 e. The Morgan fingerprint density at radius 3 is 2.12 bits per heavy atom. The lowest BCUT2D eigenvalue weighted by molar-refractivity contribution is 0.314. The van der Waals surface area contributed by atoms with Gasteiger partial charge in [0.2, 0.25) is 0 Å². The predicted molar refractivity (Wildman–Crippen MR) is 97.8 cm³/mol. The molecule has 0 saturated carbocycles. The number of amidine groups is 1. The molecule has 24 heavy (non-hydrogen) atoms. The van der Waals surface area contributed by atoms with E-state index in [9.17, 15) is 10.2 Å². The molecule has 0 amide bonds. The third-order valence-electron chi connectivity index (χ3n) is 4.11. The lowest BCUT2D eigenvalue weighted by Crippen LogP contribution is -2.36. The van der Waals surface area contributed by atoms with E-state index in [0.29, 0.717) is 5.84 Å². The fourth-order valence-corrected chi connectivity index (χ4v) is 2.68. The van der Waals surface area contributed by atoms with Gasteiger partial charge in [0.1, 0.15) is 5.84 Å². The van der Waals surface area contributed by atoms with Crippen molar-refractivity contribution in [2.75, 3.05) is 11.4 Å². The van der Waals surface area contributed by atoms with Crippen molar-refractivity contribution in [3.05, 3.63) is 77.4 Å². The molecular formula is C20H22N2O2. The van der Waals surface area contributed by atoms with Crippen LogP contribution in [0.1, 0.15) is 31.9 Å². The van der Waals surface area contributed by atoms with E-state index in [1.54, 1.807) is 0 Å². The van der Waals surface area contributed by atoms with E-state index in [4.69, 9.17) is 0 Å². The van der Waals surface area contributed by atoms with Crippen molar-refractivity contribution in [1.29, 1.82) is 0 Å². The van der Waals surface area contributed by atoms with Gasteiger partial charge in [-0.1, -0.05) is 63.2 Å². The van der Waals surface area contributed by atoms with Gasteiger partial charge < -0.3 is 15.1 Å². The summed E-state index contributed by atoms with van der Waals surface area (Å²) < 4.78 is 0. The van der Waals surface area contributed by atoms with Crippen molar-refractivity contribution < 1.29 is 10.2 Å². The monoisotopic (exact) mass is 322 g/mol. The van der Waals surface area contributed by atoms with Gasteiger partial charge in [0.25, 0.3) is 5.88 Å². The normalized spacial score (nSPS) is 15.5. The highest BCUT2D eigenvalue weighted by atomic mass is 16.3. The molecule has 4 nitrogen and oxygen atoms in total. The Morgan fingerprint density at radius 1 is 0.917 bits per heavy atom. The molecule has 0 aromatic heterocycles. The number of aliphatic hydroxyl groups is 2. The van der Waals surface area contributed by atoms with E-state index in [2.05, 4.69) is 37.9 Å². The highest BCUT2D eigenvalue weighted by molar-refractivity contribution is 6.11. The third-order valence-corrected chi connectivity index (χ3v) is 4.11. The van der Waals surface area contributed by atoms with Crippen LogP contribution in [0.2, 0.25) is 0 Å². The van der Waals surface area contributed by atoms with Crippen LogP contribution < -0.4 is 4.90 Å². The van der Waals surface area contributed by atoms with E-state index < -0.39 is 0 Å². The molecule has 0 bridgehead atoms. The molecule has 0 fully saturated rings. The molecule has 0 radical (unpaired) electrons. The van der Waals surface area contributed by atoms with Crippen molar-refractivity contribution in [2.45, 2.75) is 26.2 Å². The third kappa shape index (κ3) is 3.13. The number of nitrogens with zero attached hydrogens (tertiary/aromatic N) is 2. The minimum absolute atomic E-state index is 0.0804. The lowest BCUT2D eigenvalue weighted by atomic mass is 9.87. The standard InChI is InChI=1S/C20H22N2O2/c1-20(2,3)15-9-11-16(12-10-15)22-13-17(23)19(24)21-18(22)14-7-5-4-6-8-14/h4-12,23-24H,13H2,1-3H3. The zero-order valence-corrected chi connectivity index (χ0v) is 14.2. The molecule has 2 aromatic carbocycles. The maximum absolute atomic E-state index is 9.94. The number of aliphatic imine (C=N–C) groups is 1. The Labute approximate surface area is 142 Å². The van der Waals surface area contributed by atoms with Gasteiger partial charge in [0, 0.05) is 11.3 Å². The molecule has 0 aliphatic carbocycles. The predicted octanol–water partition coefficient (Wildman–Crippen LogP) is 4.54. The van der Waals surface area contributed by atoms with Crippen LogP contribution in [-0.4, -0.2) is 22.6 Å². The molecule has 0 unspecified atom stereocenters. The van der Waals surface area contributed by atoms with Crippen molar-refractivity contribution in [3.8, 4) is 0 Å². The molecule has 1 heterocycles. The summed E-state index contributed by atoms with van der Waals surface area (Å²) >= 11 is 0. The zero-order chi connectivity index (χ0) is 17.3. The van der Waals surface area contributed by atoms with Gasteiger partial charge in [-0.15, -0.1) is 0 Å². The van der Waals surface area contributed by atoms with Gasteiger partial charge in [0.15, 0.2) is 5.76 Å². The molecule has 4 heteroatoms. The van der Waals surface area contributed by atoms with Crippen LogP contribution in [0.15, 0.2) is 71.2 Å². The minimum Gasteiger partial charge on any atom is -0.505 e. The first-order valence-corrected chi connectivity index (χ1v) is 7.99. The summed E-state index contributed by atoms with van der Waals surface area (Å²) in [5.74, 6) is 0.167. The van der Waals surface area contributed by atoms with Crippen LogP contribution in [0.5, 0.6) is 0 Å². The summed E-state index contributed by atoms with van der Waals surface area (Å²) in [6.45, 7) is 6.71. The summed E-state index contributed by atoms with van der Waals surface area (Å²) in [7, 11) is 0. The van der Waals surface area contributed by atoms with Gasteiger partial charge in [-0.2, -0.15) is 4.99 Å². The topological polar surface area (TPSA) is 56.1 Å². The minimum atomic E-state index is -0.323. The molecule has 1 aliphatic heterocycles. The molecule has 124 valence electrons. The van der Waals surface area contributed by atoms with Crippen molar-refractivity contribution in [2.24, 2.45) is 4.99 Å². The second-order valence-electron chi connectivity index (χ2n) is 6.95. The smallest absolute Gasteiger partial charge is 0.253 e. The first-order valence-electron chi connectivity index (χ1n) is 7.99. The summed E-state index contributed by atoms with van der Waals surface area (Å²) in [5.41, 5.74) is 3.13. The second kappa shape index (κ2) is 6.04. The van der Waals surface area contributed by atoms with Crippen LogP contribution in [0.3, 0.4) is 0 Å². The molecule has 3 rings (SSSR count). The Kier molecular flexibility index (Phi) is 4.06. The van der Waals surface area contributed by atoms with Crippen LogP contribution in [0.25, 0.3) is 0 Å². The number of anilines is 1. The molecule has 0 spiro atoms. The Morgan fingerprint density at radius 2 is 1.54 bits per heavy atom.